The Balaban J connectivity index is 2.12. The molecule has 1 aliphatic heterocycles. The van der Waals surface area contributed by atoms with Gasteiger partial charge >= 0.3 is 0 Å². The number of rotatable bonds is 4. The second kappa shape index (κ2) is 6.49. The number of nitrogens with zero attached hydrogens (tertiary/aromatic N) is 2. The number of pyridine rings is 1. The van der Waals surface area contributed by atoms with E-state index in [4.69, 9.17) is 20.9 Å². The first-order chi connectivity index (χ1) is 11.9. The van der Waals surface area contributed by atoms with E-state index in [-0.39, 0.29) is 35.7 Å². The lowest BCUT2D eigenvalue weighted by Gasteiger charge is -2.18. The quantitative estimate of drug-likeness (QED) is 0.780. The van der Waals surface area contributed by atoms with Crippen LogP contribution in [0, 0.1) is 17.2 Å². The minimum Gasteiger partial charge on any atom is -0.504 e. The van der Waals surface area contributed by atoms with Crippen LogP contribution < -0.4 is 20.9 Å². The summed E-state index contributed by atoms with van der Waals surface area (Å²) in [5.41, 5.74) is 14.0. The monoisotopic (exact) mass is 340 g/mol. The fourth-order valence-corrected chi connectivity index (χ4v) is 2.94. The molecule has 25 heavy (non-hydrogen) atoms. The topological polar surface area (TPSA) is 127 Å². The molecule has 0 saturated carbocycles. The van der Waals surface area contributed by atoms with E-state index in [0.717, 1.165) is 0 Å². The molecule has 0 fully saturated rings. The zero-order valence-corrected chi connectivity index (χ0v) is 14.1. The van der Waals surface area contributed by atoms with E-state index in [2.05, 4.69) is 24.9 Å². The van der Waals surface area contributed by atoms with Crippen molar-refractivity contribution in [1.82, 2.24) is 4.98 Å². The number of fused-ring (bicyclic) bond motifs is 1. The van der Waals surface area contributed by atoms with Crippen LogP contribution in [0.15, 0.2) is 18.2 Å². The number of nitriles is 1. The van der Waals surface area contributed by atoms with Crippen molar-refractivity contribution in [2.24, 2.45) is 11.7 Å². The summed E-state index contributed by atoms with van der Waals surface area (Å²) in [6.07, 6.45) is 0.699. The summed E-state index contributed by atoms with van der Waals surface area (Å²) in [5, 5.41) is 19.9. The van der Waals surface area contributed by atoms with Crippen molar-refractivity contribution in [2.75, 3.05) is 12.5 Å². The summed E-state index contributed by atoms with van der Waals surface area (Å²) in [7, 11) is 0. The fraction of sp³-hybridized carbons (Fsp3) is 0.333. The van der Waals surface area contributed by atoms with Gasteiger partial charge in [-0.05, 0) is 36.1 Å². The Morgan fingerprint density at radius 3 is 2.80 bits per heavy atom. The highest BCUT2D eigenvalue weighted by Crippen LogP contribution is 2.46. The van der Waals surface area contributed by atoms with E-state index < -0.39 is 0 Å². The van der Waals surface area contributed by atoms with Gasteiger partial charge in [-0.25, -0.2) is 4.98 Å². The fourth-order valence-electron chi connectivity index (χ4n) is 2.94. The number of anilines is 1. The predicted molar refractivity (Wildman–Crippen MR) is 93.0 cm³/mol. The standard InChI is InChI=1S/C18H20N4O3/c1-9(2)5-13(20)11-6-14(22-18(21)12(11)7-19)10-3-4-15-17(16(10)23)25-8-24-15/h3-4,6,9,13,23H,5,8,20H2,1-2H3,(H2,21,22). The molecule has 0 bridgehead atoms. The molecule has 2 aromatic rings. The average Bonchev–Trinajstić information content (AvgIpc) is 3.03. The number of hydrogen-bond donors (Lipinski definition) is 3. The molecular formula is C18H20N4O3. The zero-order valence-electron chi connectivity index (χ0n) is 14.1. The molecule has 0 spiro atoms. The molecular weight excluding hydrogens is 320 g/mol. The normalized spacial score (nSPS) is 13.7. The highest BCUT2D eigenvalue weighted by Gasteiger charge is 2.24. The van der Waals surface area contributed by atoms with E-state index in [0.29, 0.717) is 34.9 Å². The number of phenols is 1. The minimum atomic E-state index is -0.352. The number of aromatic hydroxyl groups is 1. The first-order valence-corrected chi connectivity index (χ1v) is 8.00. The summed E-state index contributed by atoms with van der Waals surface area (Å²) in [5.74, 6) is 1.12. The number of phenolic OH excluding ortho intramolecular Hbond substituents is 1. The first-order valence-electron chi connectivity index (χ1n) is 8.00. The van der Waals surface area contributed by atoms with E-state index in [1.54, 1.807) is 18.2 Å². The predicted octanol–water partition coefficient (Wildman–Crippen LogP) is 2.68. The Bertz CT molecular complexity index is 858. The largest absolute Gasteiger partial charge is 0.504 e. The Labute approximate surface area is 145 Å². The highest BCUT2D eigenvalue weighted by atomic mass is 16.7. The maximum absolute atomic E-state index is 10.5. The van der Waals surface area contributed by atoms with Gasteiger partial charge in [0.1, 0.15) is 11.9 Å². The number of hydrogen-bond acceptors (Lipinski definition) is 7. The van der Waals surface area contributed by atoms with Crippen molar-refractivity contribution in [3.05, 3.63) is 29.3 Å². The number of aromatic nitrogens is 1. The van der Waals surface area contributed by atoms with Crippen LogP contribution >= 0.6 is 0 Å². The lowest BCUT2D eigenvalue weighted by atomic mass is 9.93. The third kappa shape index (κ3) is 3.04. The van der Waals surface area contributed by atoms with Crippen LogP contribution in [0.3, 0.4) is 0 Å². The Kier molecular flexibility index (Phi) is 4.38. The SMILES string of the molecule is CC(C)CC(N)c1cc(-c2ccc3c(c2O)OCO3)nc(N)c1C#N. The molecule has 130 valence electrons. The van der Waals surface area contributed by atoms with Crippen LogP contribution in [-0.4, -0.2) is 16.9 Å². The molecule has 3 rings (SSSR count). The second-order valence-corrected chi connectivity index (χ2v) is 6.40. The van der Waals surface area contributed by atoms with Gasteiger partial charge in [-0.2, -0.15) is 5.26 Å². The Morgan fingerprint density at radius 2 is 2.12 bits per heavy atom. The minimum absolute atomic E-state index is 0.0554. The molecule has 1 aromatic carbocycles. The smallest absolute Gasteiger partial charge is 0.231 e. The summed E-state index contributed by atoms with van der Waals surface area (Å²) >= 11 is 0. The lowest BCUT2D eigenvalue weighted by molar-refractivity contribution is 0.171. The molecule has 7 heteroatoms. The summed E-state index contributed by atoms with van der Waals surface area (Å²) in [6, 6.07) is 6.80. The van der Waals surface area contributed by atoms with Crippen LogP contribution in [-0.2, 0) is 0 Å². The molecule has 0 saturated heterocycles. The van der Waals surface area contributed by atoms with Gasteiger partial charge in [-0.1, -0.05) is 13.8 Å². The number of ether oxygens (including phenoxy) is 2. The van der Waals surface area contributed by atoms with Gasteiger partial charge in [0, 0.05) is 11.6 Å². The average molecular weight is 340 g/mol. The number of nitrogen functional groups attached to an aromatic ring is 1. The molecule has 1 aromatic heterocycles. The van der Waals surface area contributed by atoms with Crippen molar-refractivity contribution in [3.8, 4) is 34.6 Å². The molecule has 5 N–H and O–H groups in total. The van der Waals surface area contributed by atoms with Crippen LogP contribution in [0.1, 0.15) is 37.4 Å². The van der Waals surface area contributed by atoms with Crippen molar-refractivity contribution in [3.63, 3.8) is 0 Å². The van der Waals surface area contributed by atoms with E-state index in [9.17, 15) is 10.4 Å². The zero-order chi connectivity index (χ0) is 18.1. The molecule has 0 radical (unpaired) electrons. The maximum atomic E-state index is 10.5. The van der Waals surface area contributed by atoms with Gasteiger partial charge in [0.25, 0.3) is 0 Å². The molecule has 0 amide bonds. The van der Waals surface area contributed by atoms with Crippen molar-refractivity contribution < 1.29 is 14.6 Å². The first kappa shape index (κ1) is 16.9. The van der Waals surface area contributed by atoms with E-state index in [1.807, 2.05) is 0 Å². The van der Waals surface area contributed by atoms with Gasteiger partial charge in [-0.3, -0.25) is 0 Å². The van der Waals surface area contributed by atoms with Crippen LogP contribution in [0.5, 0.6) is 17.2 Å². The van der Waals surface area contributed by atoms with Crippen molar-refractivity contribution in [1.29, 1.82) is 5.26 Å². The van der Waals surface area contributed by atoms with Crippen LogP contribution in [0.2, 0.25) is 0 Å². The number of nitrogens with two attached hydrogens (primary N) is 2. The lowest BCUT2D eigenvalue weighted by Crippen LogP contribution is -2.16. The molecule has 0 aliphatic carbocycles. The van der Waals surface area contributed by atoms with Gasteiger partial charge in [0.2, 0.25) is 12.5 Å². The number of benzene rings is 1. The van der Waals surface area contributed by atoms with E-state index >= 15 is 0 Å². The van der Waals surface area contributed by atoms with Crippen molar-refractivity contribution in [2.45, 2.75) is 26.3 Å². The summed E-state index contributed by atoms with van der Waals surface area (Å²) in [6.45, 7) is 4.17. The third-order valence-corrected chi connectivity index (χ3v) is 4.10. The van der Waals surface area contributed by atoms with E-state index in [1.165, 1.54) is 0 Å². The maximum Gasteiger partial charge on any atom is 0.231 e. The summed E-state index contributed by atoms with van der Waals surface area (Å²) < 4.78 is 10.5. The Morgan fingerprint density at radius 1 is 1.36 bits per heavy atom. The molecule has 7 nitrogen and oxygen atoms in total. The van der Waals surface area contributed by atoms with Gasteiger partial charge in [-0.15, -0.1) is 0 Å². The third-order valence-electron chi connectivity index (χ3n) is 4.10. The highest BCUT2D eigenvalue weighted by molar-refractivity contribution is 5.76. The van der Waals surface area contributed by atoms with Crippen LogP contribution in [0.25, 0.3) is 11.3 Å². The second-order valence-electron chi connectivity index (χ2n) is 6.40. The molecule has 1 aliphatic rings. The van der Waals surface area contributed by atoms with Gasteiger partial charge in [0.15, 0.2) is 11.5 Å². The molecule has 1 unspecified atom stereocenters. The van der Waals surface area contributed by atoms with Gasteiger partial charge < -0.3 is 26.0 Å². The van der Waals surface area contributed by atoms with Gasteiger partial charge in [0.05, 0.1) is 11.3 Å². The van der Waals surface area contributed by atoms with Crippen LogP contribution in [0.4, 0.5) is 5.82 Å². The molecule has 1 atom stereocenters. The Hall–Kier alpha value is -2.98. The molecule has 2 heterocycles. The van der Waals surface area contributed by atoms with Crippen molar-refractivity contribution >= 4 is 5.82 Å². The summed E-state index contributed by atoms with van der Waals surface area (Å²) in [4.78, 5) is 4.27.